The summed E-state index contributed by atoms with van der Waals surface area (Å²) < 4.78 is 60.0. The van der Waals surface area contributed by atoms with Gasteiger partial charge in [-0.15, -0.1) is 0 Å². The van der Waals surface area contributed by atoms with Crippen LogP contribution in [0.5, 0.6) is 0 Å². The van der Waals surface area contributed by atoms with Crippen LogP contribution in [0.25, 0.3) is 0 Å². The minimum Gasteiger partial charge on any atom is -0.379 e. The summed E-state index contributed by atoms with van der Waals surface area (Å²) in [4.78, 5) is 0. The van der Waals surface area contributed by atoms with Gasteiger partial charge in [-0.25, -0.2) is 0 Å². The maximum atomic E-state index is 5.62. The molecular weight excluding hydrogens is 574 g/mol. The van der Waals surface area contributed by atoms with Crippen LogP contribution >= 0.6 is 0 Å². The lowest BCUT2D eigenvalue weighted by Gasteiger charge is -2.09. The van der Waals surface area contributed by atoms with E-state index in [-0.39, 0.29) is 0 Å². The molecule has 12 nitrogen and oxygen atoms in total. The highest BCUT2D eigenvalue weighted by Gasteiger charge is 1.97. The van der Waals surface area contributed by atoms with Crippen LogP contribution in [0, 0.1) is 0 Å². The van der Waals surface area contributed by atoms with E-state index in [1.807, 2.05) is 0 Å². The van der Waals surface area contributed by atoms with Crippen LogP contribution in [0.15, 0.2) is 0 Å². The van der Waals surface area contributed by atoms with Crippen molar-refractivity contribution in [3.63, 3.8) is 0 Å². The van der Waals surface area contributed by atoms with Crippen molar-refractivity contribution < 1.29 is 52.1 Å². The smallest absolute Gasteiger partial charge is 0.0701 e. The van der Waals surface area contributed by atoms with Crippen molar-refractivity contribution in [2.24, 2.45) is 5.73 Å². The van der Waals surface area contributed by atoms with Crippen LogP contribution in [-0.4, -0.2) is 152 Å². The first-order valence-corrected chi connectivity index (χ1v) is 17.0. The van der Waals surface area contributed by atoms with E-state index >= 15 is 0 Å². The molecule has 0 fully saturated rings. The second kappa shape index (κ2) is 42.5. The first-order valence-electron chi connectivity index (χ1n) is 17.0. The van der Waals surface area contributed by atoms with E-state index in [9.17, 15) is 0 Å². The standard InChI is InChI=1S/C32H67NO11/c1-2-3-4-5-6-7-8-9-11-34-13-15-36-17-19-38-21-23-40-25-27-42-29-31-44-32-30-43-28-26-41-24-22-39-20-18-37-16-14-35-12-10-33/h2-33H2,1H3. The maximum absolute atomic E-state index is 5.62. The van der Waals surface area contributed by atoms with Gasteiger partial charge >= 0.3 is 0 Å². The van der Waals surface area contributed by atoms with Crippen LogP contribution < -0.4 is 5.73 Å². The van der Waals surface area contributed by atoms with Crippen molar-refractivity contribution in [1.29, 1.82) is 0 Å². The lowest BCUT2D eigenvalue weighted by Crippen LogP contribution is -2.15. The van der Waals surface area contributed by atoms with Crippen molar-refractivity contribution in [2.75, 3.05) is 152 Å². The molecule has 0 radical (unpaired) electrons. The Morgan fingerprint density at radius 3 is 0.705 bits per heavy atom. The molecule has 0 heterocycles. The predicted octanol–water partition coefficient (Wildman–Crippen LogP) is 3.27. The highest BCUT2D eigenvalue weighted by atomic mass is 16.6. The Morgan fingerprint density at radius 1 is 0.250 bits per heavy atom. The summed E-state index contributed by atoms with van der Waals surface area (Å²) in [5.41, 5.74) is 5.33. The van der Waals surface area contributed by atoms with Gasteiger partial charge in [0.25, 0.3) is 0 Å². The second-order valence-electron chi connectivity index (χ2n) is 10.00. The topological polar surface area (TPSA) is 128 Å². The average Bonchev–Trinajstić information content (AvgIpc) is 3.04. The maximum Gasteiger partial charge on any atom is 0.0701 e. The first kappa shape index (κ1) is 43.5. The van der Waals surface area contributed by atoms with Crippen molar-refractivity contribution in [3.8, 4) is 0 Å². The quantitative estimate of drug-likeness (QED) is 0.0985. The molecule has 266 valence electrons. The third kappa shape index (κ3) is 41.5. The van der Waals surface area contributed by atoms with Crippen molar-refractivity contribution in [3.05, 3.63) is 0 Å². The molecule has 0 saturated heterocycles. The predicted molar refractivity (Wildman–Crippen MR) is 171 cm³/mol. The number of hydrogen-bond acceptors (Lipinski definition) is 12. The van der Waals surface area contributed by atoms with Crippen LogP contribution in [0.3, 0.4) is 0 Å². The Morgan fingerprint density at radius 2 is 0.455 bits per heavy atom. The largest absolute Gasteiger partial charge is 0.379 e. The fourth-order valence-electron chi connectivity index (χ4n) is 3.72. The summed E-state index contributed by atoms with van der Waals surface area (Å²) in [5, 5.41) is 0. The summed E-state index contributed by atoms with van der Waals surface area (Å²) in [7, 11) is 0. The number of ether oxygens (including phenoxy) is 11. The molecule has 0 aliphatic carbocycles. The third-order valence-electron chi connectivity index (χ3n) is 6.12. The lowest BCUT2D eigenvalue weighted by molar-refractivity contribution is -0.0274. The Balaban J connectivity index is 3.03. The fourth-order valence-corrected chi connectivity index (χ4v) is 3.72. The van der Waals surface area contributed by atoms with Gasteiger partial charge in [0.2, 0.25) is 0 Å². The number of hydrogen-bond donors (Lipinski definition) is 1. The molecule has 0 aliphatic rings. The van der Waals surface area contributed by atoms with Crippen LogP contribution in [0.4, 0.5) is 0 Å². The zero-order valence-electron chi connectivity index (χ0n) is 28.0. The Kier molecular flexibility index (Phi) is 42.1. The number of unbranched alkanes of at least 4 members (excludes halogenated alkanes) is 7. The van der Waals surface area contributed by atoms with Gasteiger partial charge in [0.15, 0.2) is 0 Å². The molecule has 2 N–H and O–H groups in total. The molecule has 0 bridgehead atoms. The van der Waals surface area contributed by atoms with Gasteiger partial charge in [-0.3, -0.25) is 0 Å². The summed E-state index contributed by atoms with van der Waals surface area (Å²) >= 11 is 0. The van der Waals surface area contributed by atoms with Crippen molar-refractivity contribution in [1.82, 2.24) is 0 Å². The molecule has 0 unspecified atom stereocenters. The SMILES string of the molecule is CCCCCCCCCCOCCOCCOCCOCCOCCOCCOCCOCCOCCOCCOCCN. The van der Waals surface area contributed by atoms with E-state index in [4.69, 9.17) is 57.8 Å². The van der Waals surface area contributed by atoms with Crippen LogP contribution in [0.2, 0.25) is 0 Å². The molecule has 0 atom stereocenters. The summed E-state index contributed by atoms with van der Waals surface area (Å²) in [6, 6.07) is 0. The average molecular weight is 642 g/mol. The molecule has 0 saturated carbocycles. The molecule has 0 aromatic rings. The normalized spacial score (nSPS) is 11.6. The Bertz CT molecular complexity index is 453. The molecule has 0 amide bonds. The lowest BCUT2D eigenvalue weighted by atomic mass is 10.1. The summed E-state index contributed by atoms with van der Waals surface area (Å²) in [6.45, 7) is 15.1. The van der Waals surface area contributed by atoms with Crippen molar-refractivity contribution >= 4 is 0 Å². The zero-order valence-corrected chi connectivity index (χ0v) is 28.0. The molecule has 0 spiro atoms. The fraction of sp³-hybridized carbons (Fsp3) is 1.00. The van der Waals surface area contributed by atoms with Crippen molar-refractivity contribution in [2.45, 2.75) is 58.3 Å². The van der Waals surface area contributed by atoms with Crippen LogP contribution in [-0.2, 0) is 52.1 Å². The molecule has 0 rings (SSSR count). The molecular formula is C32H67NO11. The van der Waals surface area contributed by atoms with E-state index in [1.54, 1.807) is 0 Å². The Hall–Kier alpha value is -0.480. The van der Waals surface area contributed by atoms with Gasteiger partial charge in [-0.1, -0.05) is 51.9 Å². The van der Waals surface area contributed by atoms with E-state index < -0.39 is 0 Å². The molecule has 44 heavy (non-hydrogen) atoms. The number of rotatable bonds is 41. The monoisotopic (exact) mass is 641 g/mol. The second-order valence-corrected chi connectivity index (χ2v) is 10.00. The van der Waals surface area contributed by atoms with Gasteiger partial charge < -0.3 is 57.8 Å². The van der Waals surface area contributed by atoms with Gasteiger partial charge in [0, 0.05) is 13.2 Å². The molecule has 0 aromatic carbocycles. The van der Waals surface area contributed by atoms with Gasteiger partial charge in [0.1, 0.15) is 0 Å². The van der Waals surface area contributed by atoms with Crippen LogP contribution in [0.1, 0.15) is 58.3 Å². The Labute approximate surface area is 268 Å². The van der Waals surface area contributed by atoms with E-state index in [2.05, 4.69) is 6.92 Å². The minimum atomic E-state index is 0.521. The highest BCUT2D eigenvalue weighted by molar-refractivity contribution is 4.46. The van der Waals surface area contributed by atoms with Gasteiger partial charge in [-0.05, 0) is 6.42 Å². The molecule has 0 aliphatic heterocycles. The van der Waals surface area contributed by atoms with E-state index in [1.165, 1.54) is 44.9 Å². The summed E-state index contributed by atoms with van der Waals surface area (Å²) in [5.74, 6) is 0. The zero-order chi connectivity index (χ0) is 31.7. The highest BCUT2D eigenvalue weighted by Crippen LogP contribution is 2.08. The van der Waals surface area contributed by atoms with Gasteiger partial charge in [0.05, 0.1) is 139 Å². The van der Waals surface area contributed by atoms with E-state index in [0.29, 0.717) is 145 Å². The number of nitrogens with two attached hydrogens (primary N) is 1. The summed E-state index contributed by atoms with van der Waals surface area (Å²) in [6.07, 6.45) is 10.5. The first-order chi connectivity index (χ1) is 21.9. The molecule has 12 heteroatoms. The van der Waals surface area contributed by atoms with Gasteiger partial charge in [-0.2, -0.15) is 0 Å². The van der Waals surface area contributed by atoms with E-state index in [0.717, 1.165) is 13.0 Å². The third-order valence-corrected chi connectivity index (χ3v) is 6.12. The minimum absolute atomic E-state index is 0.521. The molecule has 0 aromatic heterocycles.